The number of hydrogen-bond acceptors (Lipinski definition) is 6. The molecule has 0 saturated carbocycles. The van der Waals surface area contributed by atoms with Gasteiger partial charge in [0.25, 0.3) is 0 Å². The third-order valence-corrected chi connectivity index (χ3v) is 5.87. The van der Waals surface area contributed by atoms with E-state index in [4.69, 9.17) is 4.42 Å². The minimum atomic E-state index is -0.975. The van der Waals surface area contributed by atoms with E-state index in [9.17, 15) is 9.59 Å². The van der Waals surface area contributed by atoms with Gasteiger partial charge in [-0.15, -0.1) is 5.10 Å². The molecule has 2 amide bonds. The molecule has 0 aliphatic carbocycles. The number of aryl methyl sites for hydroxylation is 1. The summed E-state index contributed by atoms with van der Waals surface area (Å²) in [5.74, 6) is -0.0717. The van der Waals surface area contributed by atoms with Gasteiger partial charge in [-0.3, -0.25) is 19.5 Å². The van der Waals surface area contributed by atoms with Crippen molar-refractivity contribution in [1.82, 2.24) is 25.3 Å². The fourth-order valence-corrected chi connectivity index (χ4v) is 4.13. The number of rotatable bonds is 8. The maximum Gasteiger partial charge on any atom is 0.249 e. The Morgan fingerprint density at radius 3 is 2.64 bits per heavy atom. The zero-order valence-electron chi connectivity index (χ0n) is 19.6. The normalized spacial score (nSPS) is 11.8. The Kier molecular flexibility index (Phi) is 6.53. The fraction of sp³-hybridized carbons (Fsp3) is 0.148. The minimum absolute atomic E-state index is 0.100. The molecule has 0 unspecified atom stereocenters. The molecule has 0 fully saturated rings. The SMILES string of the molecule is Cc1ccccc1N(C(=O)Cn1nnc2ccccc21)[C@@H](C(=O)NCc1ccco1)c1cccnc1. The van der Waals surface area contributed by atoms with Gasteiger partial charge >= 0.3 is 0 Å². The molecule has 5 aromatic rings. The van der Waals surface area contributed by atoms with Gasteiger partial charge < -0.3 is 9.73 Å². The van der Waals surface area contributed by atoms with Crippen LogP contribution in [-0.4, -0.2) is 31.8 Å². The van der Waals surface area contributed by atoms with Gasteiger partial charge in [0, 0.05) is 23.6 Å². The zero-order valence-corrected chi connectivity index (χ0v) is 19.6. The van der Waals surface area contributed by atoms with Crippen LogP contribution in [0.25, 0.3) is 11.0 Å². The Morgan fingerprint density at radius 2 is 1.86 bits per heavy atom. The van der Waals surface area contributed by atoms with Crippen LogP contribution in [0.15, 0.2) is 95.9 Å². The summed E-state index contributed by atoms with van der Waals surface area (Å²) in [6, 6.07) is 21.0. The molecule has 0 aliphatic heterocycles. The fourth-order valence-electron chi connectivity index (χ4n) is 4.13. The van der Waals surface area contributed by atoms with E-state index in [0.29, 0.717) is 22.5 Å². The van der Waals surface area contributed by atoms with Crippen molar-refractivity contribution >= 4 is 28.5 Å². The number of nitrogens with zero attached hydrogens (tertiary/aromatic N) is 5. The summed E-state index contributed by atoms with van der Waals surface area (Å²) in [6.07, 6.45) is 4.77. The number of aromatic nitrogens is 4. The average molecular weight is 481 g/mol. The predicted octanol–water partition coefficient (Wildman–Crippen LogP) is 3.82. The van der Waals surface area contributed by atoms with Crippen LogP contribution in [-0.2, 0) is 22.7 Å². The first-order chi connectivity index (χ1) is 17.6. The van der Waals surface area contributed by atoms with Crippen molar-refractivity contribution in [2.75, 3.05) is 4.90 Å². The highest BCUT2D eigenvalue weighted by molar-refractivity contribution is 6.02. The van der Waals surface area contributed by atoms with Gasteiger partial charge in [0.1, 0.15) is 23.9 Å². The lowest BCUT2D eigenvalue weighted by atomic mass is 10.0. The molecule has 180 valence electrons. The molecule has 36 heavy (non-hydrogen) atoms. The van der Waals surface area contributed by atoms with Crippen LogP contribution in [0.2, 0.25) is 0 Å². The number of nitrogens with one attached hydrogen (secondary N) is 1. The van der Waals surface area contributed by atoms with Crippen LogP contribution in [0.1, 0.15) is 22.9 Å². The van der Waals surface area contributed by atoms with Crippen LogP contribution in [0.4, 0.5) is 5.69 Å². The van der Waals surface area contributed by atoms with E-state index in [1.165, 1.54) is 4.90 Å². The topological polar surface area (TPSA) is 106 Å². The molecular formula is C27H24N6O3. The van der Waals surface area contributed by atoms with E-state index < -0.39 is 6.04 Å². The lowest BCUT2D eigenvalue weighted by molar-refractivity contribution is -0.127. The number of anilines is 1. The first kappa shape index (κ1) is 23.0. The van der Waals surface area contributed by atoms with Crippen LogP contribution in [0.3, 0.4) is 0 Å². The van der Waals surface area contributed by atoms with Crippen molar-refractivity contribution in [3.8, 4) is 0 Å². The average Bonchev–Trinajstić information content (AvgIpc) is 3.57. The number of pyridine rings is 1. The summed E-state index contributed by atoms with van der Waals surface area (Å²) in [6.45, 7) is 1.99. The molecule has 1 atom stereocenters. The summed E-state index contributed by atoms with van der Waals surface area (Å²) in [7, 11) is 0. The number of carbonyl (C=O) groups is 2. The highest BCUT2D eigenvalue weighted by Gasteiger charge is 2.34. The summed E-state index contributed by atoms with van der Waals surface area (Å²) >= 11 is 0. The van der Waals surface area contributed by atoms with Crippen molar-refractivity contribution < 1.29 is 14.0 Å². The lowest BCUT2D eigenvalue weighted by Gasteiger charge is -2.32. The Balaban J connectivity index is 1.55. The van der Waals surface area contributed by atoms with E-state index in [1.54, 1.807) is 47.6 Å². The van der Waals surface area contributed by atoms with Crippen molar-refractivity contribution in [3.05, 3.63) is 108 Å². The first-order valence-electron chi connectivity index (χ1n) is 11.5. The molecule has 3 aromatic heterocycles. The van der Waals surface area contributed by atoms with Crippen molar-refractivity contribution in [3.63, 3.8) is 0 Å². The smallest absolute Gasteiger partial charge is 0.249 e. The van der Waals surface area contributed by atoms with E-state index >= 15 is 0 Å². The molecule has 9 heteroatoms. The number of amides is 2. The van der Waals surface area contributed by atoms with Gasteiger partial charge in [0.15, 0.2) is 0 Å². The van der Waals surface area contributed by atoms with Crippen LogP contribution >= 0.6 is 0 Å². The maximum absolute atomic E-state index is 14.0. The van der Waals surface area contributed by atoms with Gasteiger partial charge in [-0.2, -0.15) is 0 Å². The second kappa shape index (κ2) is 10.2. The number of furan rings is 1. The molecule has 9 nitrogen and oxygen atoms in total. The Morgan fingerprint density at radius 1 is 1.03 bits per heavy atom. The van der Waals surface area contributed by atoms with Crippen molar-refractivity contribution in [2.45, 2.75) is 26.1 Å². The zero-order chi connectivity index (χ0) is 24.9. The molecule has 1 N–H and O–H groups in total. The highest BCUT2D eigenvalue weighted by Crippen LogP contribution is 2.31. The highest BCUT2D eigenvalue weighted by atomic mass is 16.3. The molecule has 0 radical (unpaired) electrons. The summed E-state index contributed by atoms with van der Waals surface area (Å²) in [4.78, 5) is 33.4. The standard InChI is InChI=1S/C27H24N6O3/c1-19-8-2-4-12-23(19)33(25(34)18-32-24-13-5-3-11-22(24)30-31-32)26(20-9-6-14-28-16-20)27(35)29-17-21-10-7-15-36-21/h2-16,26H,17-18H2,1H3,(H,29,35)/t26-/m1/s1. The number of fused-ring (bicyclic) bond motifs is 1. The molecule has 0 bridgehead atoms. The molecule has 3 heterocycles. The molecule has 2 aromatic carbocycles. The van der Waals surface area contributed by atoms with Crippen LogP contribution in [0.5, 0.6) is 0 Å². The van der Waals surface area contributed by atoms with E-state index in [0.717, 1.165) is 11.1 Å². The molecule has 0 spiro atoms. The minimum Gasteiger partial charge on any atom is -0.467 e. The van der Waals surface area contributed by atoms with E-state index in [2.05, 4.69) is 20.6 Å². The maximum atomic E-state index is 14.0. The summed E-state index contributed by atoms with van der Waals surface area (Å²) in [5.41, 5.74) is 3.47. The van der Waals surface area contributed by atoms with Crippen LogP contribution < -0.4 is 10.2 Å². The predicted molar refractivity (Wildman–Crippen MR) is 134 cm³/mol. The quantitative estimate of drug-likeness (QED) is 0.362. The summed E-state index contributed by atoms with van der Waals surface area (Å²) < 4.78 is 6.91. The number of para-hydroxylation sites is 2. The third-order valence-electron chi connectivity index (χ3n) is 5.87. The van der Waals surface area contributed by atoms with Gasteiger partial charge in [-0.05, 0) is 48.9 Å². The van der Waals surface area contributed by atoms with Crippen LogP contribution in [0, 0.1) is 6.92 Å². The summed E-state index contributed by atoms with van der Waals surface area (Å²) in [5, 5.41) is 11.2. The number of hydrogen-bond donors (Lipinski definition) is 1. The van der Waals surface area contributed by atoms with Gasteiger partial charge in [-0.1, -0.05) is 41.6 Å². The number of carbonyl (C=O) groups excluding carboxylic acids is 2. The largest absolute Gasteiger partial charge is 0.467 e. The second-order valence-corrected chi connectivity index (χ2v) is 8.27. The molecular weight excluding hydrogens is 456 g/mol. The Bertz CT molecular complexity index is 1480. The monoisotopic (exact) mass is 480 g/mol. The second-order valence-electron chi connectivity index (χ2n) is 8.27. The molecule has 0 aliphatic rings. The lowest BCUT2D eigenvalue weighted by Crippen LogP contribution is -2.45. The molecule has 5 rings (SSSR count). The van der Waals surface area contributed by atoms with Gasteiger partial charge in [0.05, 0.1) is 18.3 Å². The Labute approximate surface area is 207 Å². The van der Waals surface area contributed by atoms with Crippen molar-refractivity contribution in [1.29, 1.82) is 0 Å². The Hall–Kier alpha value is -4.79. The van der Waals surface area contributed by atoms with Gasteiger partial charge in [0.2, 0.25) is 11.8 Å². The molecule has 0 saturated heterocycles. The number of benzene rings is 2. The van der Waals surface area contributed by atoms with Crippen molar-refractivity contribution in [2.24, 2.45) is 0 Å². The third kappa shape index (κ3) is 4.72. The van der Waals surface area contributed by atoms with E-state index in [1.807, 2.05) is 55.5 Å². The van der Waals surface area contributed by atoms with E-state index in [-0.39, 0.29) is 24.9 Å². The van der Waals surface area contributed by atoms with Gasteiger partial charge in [-0.25, -0.2) is 4.68 Å². The first-order valence-corrected chi connectivity index (χ1v) is 11.5.